The molecule has 0 bridgehead atoms. The molecule has 9 nitrogen and oxygen atoms in total. The number of amides is 1. The summed E-state index contributed by atoms with van der Waals surface area (Å²) in [5.41, 5.74) is 5.21. The van der Waals surface area contributed by atoms with Crippen molar-refractivity contribution in [2.24, 2.45) is 0 Å². The maximum absolute atomic E-state index is 12.6. The van der Waals surface area contributed by atoms with E-state index in [9.17, 15) is 14.7 Å². The number of fused-ring (bicyclic) bond motifs is 1. The van der Waals surface area contributed by atoms with Gasteiger partial charge in [0.25, 0.3) is 0 Å². The molecule has 0 radical (unpaired) electrons. The van der Waals surface area contributed by atoms with Crippen LogP contribution in [0, 0.1) is 0 Å². The van der Waals surface area contributed by atoms with Crippen molar-refractivity contribution in [2.45, 2.75) is 39.2 Å². The first-order valence-corrected chi connectivity index (χ1v) is 12.1. The summed E-state index contributed by atoms with van der Waals surface area (Å²) >= 11 is 3.50. The first-order valence-electron chi connectivity index (χ1n) is 11.3. The van der Waals surface area contributed by atoms with E-state index in [0.717, 1.165) is 38.8 Å². The van der Waals surface area contributed by atoms with Crippen LogP contribution in [0.3, 0.4) is 0 Å². The Hall–Kier alpha value is -2.98. The number of aryl methyl sites for hydroxylation is 1. The molecule has 1 amide bonds. The number of carboxylic acids is 1. The third kappa shape index (κ3) is 5.39. The van der Waals surface area contributed by atoms with Crippen molar-refractivity contribution < 1.29 is 24.2 Å². The molecular formula is C24H27BrN4O5. The number of pyridine rings is 1. The minimum atomic E-state index is -0.851. The number of morpholine rings is 1. The van der Waals surface area contributed by atoms with Crippen LogP contribution in [0.1, 0.15) is 36.7 Å². The number of aliphatic carboxylic acids is 1. The molecule has 1 fully saturated rings. The Kier molecular flexibility index (Phi) is 7.79. The number of rotatable bonds is 8. The molecule has 1 saturated heterocycles. The van der Waals surface area contributed by atoms with Gasteiger partial charge in [0.15, 0.2) is 0 Å². The number of carboxylic acid groups (broad SMARTS) is 1. The number of carbonyl (C=O) groups excluding carboxylic acids is 1. The lowest BCUT2D eigenvalue weighted by Gasteiger charge is -2.26. The van der Waals surface area contributed by atoms with Crippen molar-refractivity contribution in [1.82, 2.24) is 19.5 Å². The Morgan fingerprint density at radius 1 is 1.24 bits per heavy atom. The molecule has 34 heavy (non-hydrogen) atoms. The second kappa shape index (κ2) is 11.0. The molecule has 0 spiro atoms. The number of ether oxygens (including phenoxy) is 2. The fourth-order valence-electron chi connectivity index (χ4n) is 4.17. The Balaban J connectivity index is 1.78. The van der Waals surface area contributed by atoms with Crippen molar-refractivity contribution in [3.05, 3.63) is 52.0 Å². The van der Waals surface area contributed by atoms with E-state index in [0.29, 0.717) is 44.8 Å². The fraction of sp³-hybridized carbons (Fsp3) is 0.417. The van der Waals surface area contributed by atoms with Crippen molar-refractivity contribution >= 4 is 33.5 Å². The van der Waals surface area contributed by atoms with Gasteiger partial charge in [-0.1, -0.05) is 6.92 Å². The van der Waals surface area contributed by atoms with E-state index in [2.05, 4.69) is 27.8 Å². The molecule has 4 heterocycles. The lowest BCUT2D eigenvalue weighted by molar-refractivity contribution is -0.137. The second-order valence-corrected chi connectivity index (χ2v) is 8.98. The van der Waals surface area contributed by atoms with Crippen LogP contribution in [0.2, 0.25) is 0 Å². The molecule has 4 rings (SSSR count). The lowest BCUT2D eigenvalue weighted by atomic mass is 9.95. The zero-order chi connectivity index (χ0) is 24.1. The summed E-state index contributed by atoms with van der Waals surface area (Å²) in [5.74, 6) is -0.851. The lowest BCUT2D eigenvalue weighted by Crippen LogP contribution is -2.41. The van der Waals surface area contributed by atoms with Gasteiger partial charge in [-0.25, -0.2) is 9.31 Å². The van der Waals surface area contributed by atoms with Crippen molar-refractivity contribution in [3.8, 4) is 11.1 Å². The molecular weight excluding hydrogens is 504 g/mol. The molecule has 180 valence electrons. The van der Waals surface area contributed by atoms with Crippen molar-refractivity contribution in [2.75, 3.05) is 26.3 Å². The highest BCUT2D eigenvalue weighted by molar-refractivity contribution is 9.10. The summed E-state index contributed by atoms with van der Waals surface area (Å²) in [6.45, 7) is 4.01. The SMILES string of the molecule is CCc1ccc2c(-c3cncc(Br)c3)c(CCCC(=O)O)c(COC(=O)N3CCOCC3)nn12. The molecule has 0 aliphatic carbocycles. The summed E-state index contributed by atoms with van der Waals surface area (Å²) in [6.07, 6.45) is 4.83. The van der Waals surface area contributed by atoms with Gasteiger partial charge in [0, 0.05) is 53.2 Å². The minimum absolute atomic E-state index is 0.00962. The second-order valence-electron chi connectivity index (χ2n) is 8.07. The van der Waals surface area contributed by atoms with Gasteiger partial charge in [0.1, 0.15) is 12.3 Å². The summed E-state index contributed by atoms with van der Waals surface area (Å²) in [4.78, 5) is 29.8. The normalized spacial score (nSPS) is 13.9. The van der Waals surface area contributed by atoms with Gasteiger partial charge in [-0.05, 0) is 59.0 Å². The first-order chi connectivity index (χ1) is 16.5. The molecule has 1 aliphatic heterocycles. The van der Waals surface area contributed by atoms with Gasteiger partial charge in [-0.15, -0.1) is 0 Å². The molecule has 0 aromatic carbocycles. The summed E-state index contributed by atoms with van der Waals surface area (Å²) in [7, 11) is 0. The zero-order valence-electron chi connectivity index (χ0n) is 19.0. The van der Waals surface area contributed by atoms with Gasteiger partial charge in [-0.2, -0.15) is 5.10 Å². The van der Waals surface area contributed by atoms with E-state index < -0.39 is 12.1 Å². The third-order valence-electron chi connectivity index (χ3n) is 5.84. The molecule has 0 atom stereocenters. The number of hydrogen-bond acceptors (Lipinski definition) is 6. The van der Waals surface area contributed by atoms with E-state index in [4.69, 9.17) is 14.6 Å². The molecule has 10 heteroatoms. The largest absolute Gasteiger partial charge is 0.481 e. The zero-order valence-corrected chi connectivity index (χ0v) is 20.6. The first kappa shape index (κ1) is 24.2. The molecule has 0 unspecified atom stereocenters. The number of hydrogen-bond donors (Lipinski definition) is 1. The highest BCUT2D eigenvalue weighted by Crippen LogP contribution is 2.34. The van der Waals surface area contributed by atoms with Gasteiger partial charge in [-0.3, -0.25) is 9.78 Å². The average Bonchev–Trinajstić information content (AvgIpc) is 3.25. The van der Waals surface area contributed by atoms with Crippen LogP contribution < -0.4 is 0 Å². The molecule has 3 aromatic rings. The minimum Gasteiger partial charge on any atom is -0.481 e. The third-order valence-corrected chi connectivity index (χ3v) is 6.27. The number of nitrogens with zero attached hydrogens (tertiary/aromatic N) is 4. The van der Waals surface area contributed by atoms with Crippen LogP contribution in [0.4, 0.5) is 4.79 Å². The maximum atomic E-state index is 12.6. The van der Waals surface area contributed by atoms with E-state index in [1.54, 1.807) is 17.3 Å². The molecule has 1 N–H and O–H groups in total. The summed E-state index contributed by atoms with van der Waals surface area (Å²) in [5, 5.41) is 14.0. The molecule has 1 aliphatic rings. The summed E-state index contributed by atoms with van der Waals surface area (Å²) in [6, 6.07) is 6.03. The fourth-order valence-corrected chi connectivity index (χ4v) is 4.53. The Morgan fingerprint density at radius 3 is 2.74 bits per heavy atom. The number of halogens is 1. The van der Waals surface area contributed by atoms with E-state index >= 15 is 0 Å². The standard InChI is InChI=1S/C24H27BrN4O5/c1-2-18-6-7-21-23(16-12-17(25)14-26-13-16)19(4-3-5-22(30)31)20(27-29(18)21)15-34-24(32)28-8-10-33-11-9-28/h6-7,12-14H,2-5,8-11,15H2,1H3,(H,30,31). The highest BCUT2D eigenvalue weighted by atomic mass is 79.9. The average molecular weight is 531 g/mol. The van der Waals surface area contributed by atoms with Gasteiger partial charge < -0.3 is 19.5 Å². The van der Waals surface area contributed by atoms with Crippen molar-refractivity contribution in [3.63, 3.8) is 0 Å². The maximum Gasteiger partial charge on any atom is 0.410 e. The van der Waals surface area contributed by atoms with Gasteiger partial charge in [0.05, 0.1) is 18.7 Å². The van der Waals surface area contributed by atoms with Crippen LogP contribution in [0.5, 0.6) is 0 Å². The predicted octanol–water partition coefficient (Wildman–Crippen LogP) is 4.10. The monoisotopic (exact) mass is 530 g/mol. The summed E-state index contributed by atoms with van der Waals surface area (Å²) < 4.78 is 13.7. The van der Waals surface area contributed by atoms with Gasteiger partial charge in [0.2, 0.25) is 0 Å². The number of carbonyl (C=O) groups is 2. The smallest absolute Gasteiger partial charge is 0.410 e. The Bertz CT molecular complexity index is 1190. The Labute approximate surface area is 205 Å². The molecule has 3 aromatic heterocycles. The van der Waals surface area contributed by atoms with Gasteiger partial charge >= 0.3 is 12.1 Å². The quantitative estimate of drug-likeness (QED) is 0.467. The van der Waals surface area contributed by atoms with E-state index in [1.165, 1.54) is 0 Å². The van der Waals surface area contributed by atoms with E-state index in [-0.39, 0.29) is 13.0 Å². The number of aromatic nitrogens is 3. The molecule has 0 saturated carbocycles. The van der Waals surface area contributed by atoms with Crippen LogP contribution in [0.25, 0.3) is 16.6 Å². The highest BCUT2D eigenvalue weighted by Gasteiger charge is 2.22. The topological polar surface area (TPSA) is 106 Å². The van der Waals surface area contributed by atoms with Crippen LogP contribution in [-0.4, -0.2) is 63.0 Å². The van der Waals surface area contributed by atoms with Crippen LogP contribution in [0.15, 0.2) is 35.1 Å². The van der Waals surface area contributed by atoms with Crippen molar-refractivity contribution in [1.29, 1.82) is 0 Å². The van der Waals surface area contributed by atoms with Crippen LogP contribution >= 0.6 is 15.9 Å². The predicted molar refractivity (Wildman–Crippen MR) is 129 cm³/mol. The Morgan fingerprint density at radius 2 is 2.03 bits per heavy atom. The van der Waals surface area contributed by atoms with E-state index in [1.807, 2.05) is 22.7 Å². The van der Waals surface area contributed by atoms with Crippen LogP contribution in [-0.2, 0) is 33.7 Å².